The van der Waals surface area contributed by atoms with Crippen LogP contribution in [0.2, 0.25) is 0 Å². The van der Waals surface area contributed by atoms with Crippen LogP contribution in [-0.4, -0.2) is 55.1 Å². The lowest BCUT2D eigenvalue weighted by molar-refractivity contribution is -0.138. The summed E-state index contributed by atoms with van der Waals surface area (Å²) in [6.45, 7) is 2.66. The molecule has 0 spiro atoms. The van der Waals surface area contributed by atoms with Gasteiger partial charge in [0.1, 0.15) is 11.5 Å². The van der Waals surface area contributed by atoms with Crippen LogP contribution in [0.1, 0.15) is 24.4 Å². The number of benzene rings is 2. The zero-order valence-corrected chi connectivity index (χ0v) is 15.7. The minimum atomic E-state index is 0.0371. The van der Waals surface area contributed by atoms with Gasteiger partial charge in [0.2, 0.25) is 0 Å². The minimum Gasteiger partial charge on any atom is -0.497 e. The SMILES string of the molecule is COc1ccc(OCC(=O)N2CCN(C3CC3)CC2c2ccccc2)cc1. The molecular formula is C22H26N2O3. The van der Waals surface area contributed by atoms with E-state index in [0.29, 0.717) is 11.8 Å². The maximum atomic E-state index is 12.9. The Morgan fingerprint density at radius 2 is 1.70 bits per heavy atom. The second-order valence-electron chi connectivity index (χ2n) is 7.20. The summed E-state index contributed by atoms with van der Waals surface area (Å²) in [5.41, 5.74) is 1.20. The van der Waals surface area contributed by atoms with Crippen molar-refractivity contribution in [2.75, 3.05) is 33.4 Å². The first-order valence-electron chi connectivity index (χ1n) is 9.60. The van der Waals surface area contributed by atoms with Crippen molar-refractivity contribution in [2.45, 2.75) is 24.9 Å². The van der Waals surface area contributed by atoms with E-state index in [1.54, 1.807) is 7.11 Å². The van der Waals surface area contributed by atoms with E-state index < -0.39 is 0 Å². The highest BCUT2D eigenvalue weighted by molar-refractivity contribution is 5.78. The van der Waals surface area contributed by atoms with Crippen molar-refractivity contribution in [3.63, 3.8) is 0 Å². The van der Waals surface area contributed by atoms with E-state index >= 15 is 0 Å². The van der Waals surface area contributed by atoms with Crippen molar-refractivity contribution in [3.8, 4) is 11.5 Å². The van der Waals surface area contributed by atoms with Gasteiger partial charge in [-0.2, -0.15) is 0 Å². The van der Waals surface area contributed by atoms with Gasteiger partial charge in [-0.3, -0.25) is 9.69 Å². The van der Waals surface area contributed by atoms with E-state index in [2.05, 4.69) is 17.0 Å². The van der Waals surface area contributed by atoms with Gasteiger partial charge < -0.3 is 14.4 Å². The van der Waals surface area contributed by atoms with Gasteiger partial charge >= 0.3 is 0 Å². The van der Waals surface area contributed by atoms with Gasteiger partial charge in [-0.25, -0.2) is 0 Å². The molecule has 0 aromatic heterocycles. The van der Waals surface area contributed by atoms with Crippen LogP contribution in [0.5, 0.6) is 11.5 Å². The van der Waals surface area contributed by atoms with Gasteiger partial charge in [-0.15, -0.1) is 0 Å². The summed E-state index contributed by atoms with van der Waals surface area (Å²) in [6, 6.07) is 18.5. The summed E-state index contributed by atoms with van der Waals surface area (Å²) in [5.74, 6) is 1.49. The van der Waals surface area contributed by atoms with Crippen molar-refractivity contribution in [2.24, 2.45) is 0 Å². The molecule has 0 radical (unpaired) electrons. The maximum Gasteiger partial charge on any atom is 0.261 e. The fourth-order valence-corrected chi connectivity index (χ4v) is 3.73. The first kappa shape index (κ1) is 17.9. The summed E-state index contributed by atoms with van der Waals surface area (Å²) >= 11 is 0. The van der Waals surface area contributed by atoms with Gasteiger partial charge in [0, 0.05) is 25.7 Å². The summed E-state index contributed by atoms with van der Waals surface area (Å²) < 4.78 is 10.9. The van der Waals surface area contributed by atoms with E-state index in [0.717, 1.165) is 25.4 Å². The molecule has 27 heavy (non-hydrogen) atoms. The molecule has 1 aliphatic carbocycles. The number of amides is 1. The fraction of sp³-hybridized carbons (Fsp3) is 0.409. The number of nitrogens with zero attached hydrogens (tertiary/aromatic N) is 2. The number of methoxy groups -OCH3 is 1. The van der Waals surface area contributed by atoms with Crippen molar-refractivity contribution >= 4 is 5.91 Å². The molecule has 1 atom stereocenters. The van der Waals surface area contributed by atoms with E-state index in [-0.39, 0.29) is 18.6 Å². The molecule has 2 fully saturated rings. The van der Waals surface area contributed by atoms with Crippen LogP contribution in [0.15, 0.2) is 54.6 Å². The maximum absolute atomic E-state index is 12.9. The Bertz CT molecular complexity index is 759. The number of piperazine rings is 1. The number of rotatable bonds is 6. The molecule has 2 aliphatic rings. The van der Waals surface area contributed by atoms with Gasteiger partial charge in [0.25, 0.3) is 5.91 Å². The second-order valence-corrected chi connectivity index (χ2v) is 7.20. The van der Waals surface area contributed by atoms with Crippen LogP contribution in [0.25, 0.3) is 0 Å². The molecule has 5 nitrogen and oxygen atoms in total. The minimum absolute atomic E-state index is 0.0371. The third-order valence-corrected chi connectivity index (χ3v) is 5.40. The Hall–Kier alpha value is -2.53. The number of hydrogen-bond donors (Lipinski definition) is 0. The number of ether oxygens (including phenoxy) is 2. The van der Waals surface area contributed by atoms with Crippen molar-refractivity contribution in [1.29, 1.82) is 0 Å². The van der Waals surface area contributed by atoms with Crippen molar-refractivity contribution in [1.82, 2.24) is 9.80 Å². The molecule has 0 bridgehead atoms. The normalized spacial score (nSPS) is 20.3. The predicted molar refractivity (Wildman–Crippen MR) is 104 cm³/mol. The fourth-order valence-electron chi connectivity index (χ4n) is 3.73. The quantitative estimate of drug-likeness (QED) is 0.788. The summed E-state index contributed by atoms with van der Waals surface area (Å²) in [6.07, 6.45) is 2.58. The Kier molecular flexibility index (Phi) is 5.30. The average Bonchev–Trinajstić information content (AvgIpc) is 3.58. The van der Waals surface area contributed by atoms with Crippen LogP contribution < -0.4 is 9.47 Å². The summed E-state index contributed by atoms with van der Waals surface area (Å²) in [7, 11) is 1.63. The third kappa shape index (κ3) is 4.25. The van der Waals surface area contributed by atoms with Crippen molar-refractivity contribution < 1.29 is 14.3 Å². The first-order valence-corrected chi connectivity index (χ1v) is 9.60. The van der Waals surface area contributed by atoms with E-state index in [1.165, 1.54) is 18.4 Å². The monoisotopic (exact) mass is 366 g/mol. The standard InChI is InChI=1S/C22H26N2O3/c1-26-19-9-11-20(12-10-19)27-16-22(25)24-14-13-23(18-7-8-18)15-21(24)17-5-3-2-4-6-17/h2-6,9-12,18,21H,7-8,13-16H2,1H3. The molecule has 1 aliphatic heterocycles. The molecule has 1 unspecified atom stereocenters. The highest BCUT2D eigenvalue weighted by Gasteiger charge is 2.37. The number of carbonyl (C=O) groups excluding carboxylic acids is 1. The van der Waals surface area contributed by atoms with Crippen LogP contribution in [0.4, 0.5) is 0 Å². The zero-order valence-electron chi connectivity index (χ0n) is 15.7. The predicted octanol–water partition coefficient (Wildman–Crippen LogP) is 3.12. The highest BCUT2D eigenvalue weighted by atomic mass is 16.5. The molecule has 1 saturated heterocycles. The molecule has 1 heterocycles. The van der Waals surface area contributed by atoms with Crippen LogP contribution in [-0.2, 0) is 4.79 Å². The largest absolute Gasteiger partial charge is 0.497 e. The summed E-state index contributed by atoms with van der Waals surface area (Å²) in [5, 5.41) is 0. The highest BCUT2D eigenvalue weighted by Crippen LogP contribution is 2.33. The molecular weight excluding hydrogens is 340 g/mol. The Balaban J connectivity index is 1.43. The molecule has 4 rings (SSSR count). The van der Waals surface area contributed by atoms with Crippen LogP contribution in [0, 0.1) is 0 Å². The van der Waals surface area contributed by atoms with Crippen LogP contribution >= 0.6 is 0 Å². The number of carbonyl (C=O) groups is 1. The topological polar surface area (TPSA) is 42.0 Å². The van der Waals surface area contributed by atoms with Crippen LogP contribution in [0.3, 0.4) is 0 Å². The van der Waals surface area contributed by atoms with E-state index in [4.69, 9.17) is 9.47 Å². The van der Waals surface area contributed by atoms with Gasteiger partial charge in [-0.05, 0) is 42.7 Å². The molecule has 0 N–H and O–H groups in total. The third-order valence-electron chi connectivity index (χ3n) is 5.40. The van der Waals surface area contributed by atoms with E-state index in [1.807, 2.05) is 47.4 Å². The van der Waals surface area contributed by atoms with Gasteiger partial charge in [0.05, 0.1) is 13.2 Å². The molecule has 2 aromatic rings. The first-order chi connectivity index (χ1) is 13.2. The molecule has 5 heteroatoms. The van der Waals surface area contributed by atoms with E-state index in [9.17, 15) is 4.79 Å². The molecule has 1 amide bonds. The second kappa shape index (κ2) is 8.01. The summed E-state index contributed by atoms with van der Waals surface area (Å²) in [4.78, 5) is 17.4. The zero-order chi connectivity index (χ0) is 18.6. The average molecular weight is 366 g/mol. The van der Waals surface area contributed by atoms with Crippen molar-refractivity contribution in [3.05, 3.63) is 60.2 Å². The Morgan fingerprint density at radius 1 is 1.00 bits per heavy atom. The Labute approximate surface area is 160 Å². The lowest BCUT2D eigenvalue weighted by Gasteiger charge is -2.42. The van der Waals surface area contributed by atoms with Gasteiger partial charge in [0.15, 0.2) is 6.61 Å². The Morgan fingerprint density at radius 3 is 2.37 bits per heavy atom. The molecule has 142 valence electrons. The lowest BCUT2D eigenvalue weighted by atomic mass is 10.0. The number of hydrogen-bond acceptors (Lipinski definition) is 4. The smallest absolute Gasteiger partial charge is 0.261 e. The lowest BCUT2D eigenvalue weighted by Crippen LogP contribution is -2.52. The molecule has 1 saturated carbocycles. The van der Waals surface area contributed by atoms with Gasteiger partial charge in [-0.1, -0.05) is 30.3 Å². The molecule has 2 aromatic carbocycles.